The molecule has 0 spiro atoms. The van der Waals surface area contributed by atoms with Crippen molar-refractivity contribution in [2.75, 3.05) is 33.9 Å². The predicted octanol–water partition coefficient (Wildman–Crippen LogP) is 16.8. The van der Waals surface area contributed by atoms with E-state index >= 15 is 0 Å². The van der Waals surface area contributed by atoms with Crippen molar-refractivity contribution < 1.29 is 19.1 Å². The number of carbonyl (C=O) groups is 2. The monoisotopic (exact) mass is 820 g/mol. The van der Waals surface area contributed by atoms with Crippen LogP contribution in [0.2, 0.25) is 0 Å². The van der Waals surface area contributed by atoms with Gasteiger partial charge in [0.25, 0.3) is 0 Å². The second-order valence-electron chi connectivity index (χ2n) is 18.9. The molecule has 0 aromatic carbocycles. The second kappa shape index (κ2) is 45.4. The van der Waals surface area contributed by atoms with Crippen LogP contribution in [0.3, 0.4) is 0 Å². The first-order valence-corrected chi connectivity index (χ1v) is 26.3. The minimum absolute atomic E-state index is 0.0176. The van der Waals surface area contributed by atoms with E-state index < -0.39 is 0 Å². The summed E-state index contributed by atoms with van der Waals surface area (Å²) in [6.07, 6.45) is 48.5. The lowest BCUT2D eigenvalue weighted by Crippen LogP contribution is -2.12. The van der Waals surface area contributed by atoms with Gasteiger partial charge in [0.05, 0.1) is 13.2 Å². The van der Waals surface area contributed by atoms with Gasteiger partial charge in [0.2, 0.25) is 0 Å². The Kier molecular flexibility index (Phi) is 44.6. The van der Waals surface area contributed by atoms with Crippen molar-refractivity contribution in [3.8, 4) is 0 Å². The highest BCUT2D eigenvalue weighted by atomic mass is 16.5. The fourth-order valence-corrected chi connectivity index (χ4v) is 8.97. The zero-order chi connectivity index (χ0) is 42.6. The molecule has 0 aliphatic carbocycles. The minimum atomic E-state index is 0.0176. The molecule has 0 aromatic heterocycles. The molecule has 0 radical (unpaired) electrons. The number of esters is 2. The summed E-state index contributed by atoms with van der Waals surface area (Å²) >= 11 is 0. The van der Waals surface area contributed by atoms with Crippen molar-refractivity contribution in [1.29, 1.82) is 0 Å². The molecular weight excluding hydrogens is 715 g/mol. The molecule has 0 unspecified atom stereocenters. The van der Waals surface area contributed by atoms with Gasteiger partial charge in [-0.2, -0.15) is 0 Å². The van der Waals surface area contributed by atoms with Gasteiger partial charge in [0.15, 0.2) is 0 Å². The van der Waals surface area contributed by atoms with Crippen molar-refractivity contribution in [3.05, 3.63) is 0 Å². The average molecular weight is 820 g/mol. The summed E-state index contributed by atoms with van der Waals surface area (Å²) in [4.78, 5) is 27.1. The van der Waals surface area contributed by atoms with Crippen LogP contribution >= 0.6 is 0 Å². The Morgan fingerprint density at radius 1 is 0.345 bits per heavy atom. The van der Waals surface area contributed by atoms with E-state index in [0.717, 1.165) is 56.3 Å². The molecule has 0 fully saturated rings. The van der Waals surface area contributed by atoms with Crippen LogP contribution in [0.1, 0.15) is 278 Å². The molecule has 0 saturated heterocycles. The van der Waals surface area contributed by atoms with E-state index in [4.69, 9.17) is 9.47 Å². The summed E-state index contributed by atoms with van der Waals surface area (Å²) in [5.74, 6) is 2.52. The van der Waals surface area contributed by atoms with Crippen molar-refractivity contribution in [2.45, 2.75) is 278 Å². The molecule has 58 heavy (non-hydrogen) atoms. The number of nitrogens with zero attached hydrogens (tertiary/aromatic N) is 1. The third-order valence-corrected chi connectivity index (χ3v) is 12.9. The SMILES string of the molecule is CCCCCC(CCCCC)CCCOC(=O)CCCCCCCC(CCCCCCCC(=O)OCCCC(CCCCC)CCCCC)CCCCCCN(C)C. The Labute approximate surface area is 364 Å². The van der Waals surface area contributed by atoms with Gasteiger partial charge in [-0.3, -0.25) is 9.59 Å². The molecule has 0 aromatic rings. The molecule has 0 aliphatic rings. The lowest BCUT2D eigenvalue weighted by atomic mass is 9.89. The molecule has 346 valence electrons. The van der Waals surface area contributed by atoms with Crippen molar-refractivity contribution >= 4 is 11.9 Å². The van der Waals surface area contributed by atoms with Crippen molar-refractivity contribution in [3.63, 3.8) is 0 Å². The minimum Gasteiger partial charge on any atom is -0.466 e. The van der Waals surface area contributed by atoms with E-state index in [-0.39, 0.29) is 11.9 Å². The van der Waals surface area contributed by atoms with Gasteiger partial charge in [-0.1, -0.05) is 220 Å². The number of hydrogen-bond acceptors (Lipinski definition) is 5. The number of hydrogen-bond donors (Lipinski definition) is 0. The fraction of sp³-hybridized carbons (Fsp3) is 0.962. The van der Waals surface area contributed by atoms with Gasteiger partial charge in [0.1, 0.15) is 0 Å². The number of rotatable bonds is 47. The quantitative estimate of drug-likeness (QED) is 0.0452. The smallest absolute Gasteiger partial charge is 0.305 e. The van der Waals surface area contributed by atoms with Crippen LogP contribution < -0.4 is 0 Å². The van der Waals surface area contributed by atoms with Crippen LogP contribution in [0.25, 0.3) is 0 Å². The summed E-state index contributed by atoms with van der Waals surface area (Å²) < 4.78 is 11.3. The van der Waals surface area contributed by atoms with E-state index in [0.29, 0.717) is 26.1 Å². The van der Waals surface area contributed by atoms with Gasteiger partial charge < -0.3 is 14.4 Å². The second-order valence-corrected chi connectivity index (χ2v) is 18.9. The number of carbonyl (C=O) groups excluding carboxylic acids is 2. The first kappa shape index (κ1) is 56.9. The fourth-order valence-electron chi connectivity index (χ4n) is 8.97. The third-order valence-electron chi connectivity index (χ3n) is 12.9. The molecule has 5 heteroatoms. The van der Waals surface area contributed by atoms with E-state index in [1.165, 1.54) is 206 Å². The predicted molar refractivity (Wildman–Crippen MR) is 254 cm³/mol. The van der Waals surface area contributed by atoms with E-state index in [1.54, 1.807) is 0 Å². The Morgan fingerprint density at radius 2 is 0.603 bits per heavy atom. The summed E-state index contributed by atoms with van der Waals surface area (Å²) in [5.41, 5.74) is 0. The molecular formula is C53H105NO4. The topological polar surface area (TPSA) is 55.8 Å². The average Bonchev–Trinajstić information content (AvgIpc) is 3.20. The summed E-state index contributed by atoms with van der Waals surface area (Å²) in [6, 6.07) is 0. The Morgan fingerprint density at radius 3 is 0.914 bits per heavy atom. The maximum Gasteiger partial charge on any atom is 0.305 e. The Bertz CT molecular complexity index is 768. The zero-order valence-electron chi connectivity index (χ0n) is 40.5. The first-order valence-electron chi connectivity index (χ1n) is 26.3. The highest BCUT2D eigenvalue weighted by Gasteiger charge is 2.13. The largest absolute Gasteiger partial charge is 0.466 e. The normalized spacial score (nSPS) is 11.8. The third kappa shape index (κ3) is 41.6. The van der Waals surface area contributed by atoms with Gasteiger partial charge >= 0.3 is 11.9 Å². The van der Waals surface area contributed by atoms with E-state index in [9.17, 15) is 9.59 Å². The van der Waals surface area contributed by atoms with Crippen LogP contribution in [0.15, 0.2) is 0 Å². The highest BCUT2D eigenvalue weighted by molar-refractivity contribution is 5.69. The molecule has 0 heterocycles. The van der Waals surface area contributed by atoms with Crippen molar-refractivity contribution in [2.24, 2.45) is 17.8 Å². The Hall–Kier alpha value is -1.10. The van der Waals surface area contributed by atoms with Crippen LogP contribution in [-0.2, 0) is 19.1 Å². The van der Waals surface area contributed by atoms with Crippen molar-refractivity contribution in [1.82, 2.24) is 4.90 Å². The van der Waals surface area contributed by atoms with E-state index in [1.807, 2.05) is 0 Å². The summed E-state index contributed by atoms with van der Waals surface area (Å²) in [7, 11) is 4.35. The molecule has 0 atom stereocenters. The number of ether oxygens (including phenoxy) is 2. The van der Waals surface area contributed by atoms with Crippen LogP contribution in [-0.4, -0.2) is 50.7 Å². The van der Waals surface area contributed by atoms with Gasteiger partial charge in [-0.15, -0.1) is 0 Å². The first-order chi connectivity index (χ1) is 28.4. The van der Waals surface area contributed by atoms with Crippen LogP contribution in [0.5, 0.6) is 0 Å². The maximum atomic E-state index is 12.4. The molecule has 0 aliphatic heterocycles. The number of unbranched alkanes of at least 4 members (excludes halogenated alkanes) is 19. The Balaban J connectivity index is 4.23. The molecule has 0 bridgehead atoms. The standard InChI is InChI=1S/C53H105NO4/c1-7-11-23-35-50(36-24-12-8-2)42-33-47-57-52(55)44-30-19-15-17-27-39-49(41-29-21-22-32-46-54(5)6)40-28-18-16-20-31-45-53(56)58-48-34-43-51(37-25-13-9-3)38-26-14-10-4/h49-51H,7-48H2,1-6H3. The molecule has 5 nitrogen and oxygen atoms in total. The molecule has 0 saturated carbocycles. The summed E-state index contributed by atoms with van der Waals surface area (Å²) in [5, 5.41) is 0. The lowest BCUT2D eigenvalue weighted by molar-refractivity contribution is -0.144. The lowest BCUT2D eigenvalue weighted by Gasteiger charge is -2.17. The van der Waals surface area contributed by atoms with E-state index in [2.05, 4.69) is 46.7 Å². The highest BCUT2D eigenvalue weighted by Crippen LogP contribution is 2.26. The zero-order valence-corrected chi connectivity index (χ0v) is 40.5. The van der Waals surface area contributed by atoms with Crippen LogP contribution in [0, 0.1) is 17.8 Å². The maximum absolute atomic E-state index is 12.4. The van der Waals surface area contributed by atoms with Gasteiger partial charge in [0, 0.05) is 12.8 Å². The summed E-state index contributed by atoms with van der Waals surface area (Å²) in [6.45, 7) is 11.6. The van der Waals surface area contributed by atoms with Crippen LogP contribution in [0.4, 0.5) is 0 Å². The van der Waals surface area contributed by atoms with Gasteiger partial charge in [-0.25, -0.2) is 0 Å². The molecule has 0 N–H and O–H groups in total. The molecule has 0 amide bonds. The van der Waals surface area contributed by atoms with Gasteiger partial charge in [-0.05, 0) is 83.3 Å². The molecule has 0 rings (SSSR count).